The largest absolute Gasteiger partial charge is 0.741 e. The number of nitrogens with zero attached hydrogens (tertiary/aromatic N) is 1. The summed E-state index contributed by atoms with van der Waals surface area (Å²) in [6.45, 7) is 0. The minimum absolute atomic E-state index is 0.458. The first kappa shape index (κ1) is 26.1. The Morgan fingerprint density at radius 2 is 1.33 bits per heavy atom. The average molecular weight is 493 g/mol. The lowest BCUT2D eigenvalue weighted by molar-refractivity contribution is -0.670. The summed E-state index contributed by atoms with van der Waals surface area (Å²) in [4.78, 5) is 0. The van der Waals surface area contributed by atoms with Gasteiger partial charge in [-0.05, 0) is 23.3 Å². The molecule has 2 aromatic carbocycles. The second-order valence-corrected chi connectivity index (χ2v) is 8.00. The summed E-state index contributed by atoms with van der Waals surface area (Å²) in [6, 6.07) is 14.9. The third-order valence-corrected chi connectivity index (χ3v) is 4.79. The highest BCUT2D eigenvalue weighted by Crippen LogP contribution is 2.39. The molecule has 0 fully saturated rings. The molecule has 1 heterocycles. The van der Waals surface area contributed by atoms with E-state index in [0.29, 0.717) is 16.9 Å². The van der Waals surface area contributed by atoms with E-state index in [9.17, 15) is 26.3 Å². The second-order valence-electron chi connectivity index (χ2n) is 6.63. The molecular formula is C21H17F6NO4S. The second kappa shape index (κ2) is 9.79. The van der Waals surface area contributed by atoms with Crippen LogP contribution in [0.15, 0.2) is 67.0 Å². The maximum atomic E-state index is 13.1. The normalized spacial score (nSPS) is 12.0. The summed E-state index contributed by atoms with van der Waals surface area (Å²) in [5.74, 6) is 0.545. The lowest BCUT2D eigenvalue weighted by Crippen LogP contribution is -2.27. The van der Waals surface area contributed by atoms with E-state index in [-0.39, 0.29) is 0 Å². The third-order valence-electron chi connectivity index (χ3n) is 4.23. The Morgan fingerprint density at radius 3 is 1.79 bits per heavy atom. The van der Waals surface area contributed by atoms with Crippen molar-refractivity contribution in [2.24, 2.45) is 7.05 Å². The van der Waals surface area contributed by atoms with Crippen LogP contribution in [-0.4, -0.2) is 25.6 Å². The number of alkyl halides is 6. The molecule has 0 saturated heterocycles. The predicted octanol–water partition coefficient (Wildman–Crippen LogP) is 4.92. The molecule has 12 heteroatoms. The molecule has 0 aliphatic carbocycles. The molecule has 0 aliphatic heterocycles. The lowest BCUT2D eigenvalue weighted by atomic mass is 9.98. The first-order chi connectivity index (χ1) is 15.1. The number of aryl methyl sites for hydroxylation is 1. The number of ether oxygens (including phenoxy) is 1. The number of hydrogen-bond donors (Lipinski definition) is 0. The van der Waals surface area contributed by atoms with Gasteiger partial charge in [-0.15, -0.1) is 0 Å². The van der Waals surface area contributed by atoms with Crippen LogP contribution in [0.4, 0.5) is 26.3 Å². The van der Waals surface area contributed by atoms with Gasteiger partial charge in [-0.25, -0.2) is 13.0 Å². The minimum Gasteiger partial charge on any atom is -0.741 e. The standard InChI is InChI=1S/C20H17F3NO.CHF3O3S/c1-24-12-17(14-7-4-3-5-8-14)19(25-2)18(13-24)15-9-6-10-16(11-15)20(21,22)23;2-1(3,4)8(5,6)7/h3-13H,1-2H3;(H,5,6,7)/q+1;/p-1. The number of rotatable bonds is 3. The van der Waals surface area contributed by atoms with Gasteiger partial charge in [-0.3, -0.25) is 0 Å². The molecule has 5 nitrogen and oxygen atoms in total. The van der Waals surface area contributed by atoms with Crippen molar-refractivity contribution in [2.45, 2.75) is 11.7 Å². The molecule has 0 bridgehead atoms. The smallest absolute Gasteiger partial charge is 0.485 e. The van der Waals surface area contributed by atoms with E-state index in [4.69, 9.17) is 17.7 Å². The van der Waals surface area contributed by atoms with E-state index in [2.05, 4.69) is 0 Å². The van der Waals surface area contributed by atoms with Crippen LogP contribution < -0.4 is 9.30 Å². The van der Waals surface area contributed by atoms with Crippen molar-refractivity contribution in [3.05, 3.63) is 72.6 Å². The SMILES string of the molecule is COc1c(-c2ccccc2)c[n+](C)cc1-c1cccc(C(F)(F)F)c1.O=S(=O)([O-])C(F)(F)F. The molecule has 0 N–H and O–H groups in total. The maximum absolute atomic E-state index is 13.1. The van der Waals surface area contributed by atoms with Crippen LogP contribution in [0.25, 0.3) is 22.3 Å². The van der Waals surface area contributed by atoms with E-state index in [1.54, 1.807) is 12.3 Å². The molecule has 0 radical (unpaired) electrons. The number of halogens is 6. The zero-order chi connectivity index (χ0) is 25.0. The minimum atomic E-state index is -6.09. The summed E-state index contributed by atoms with van der Waals surface area (Å²) in [6.07, 6.45) is -0.728. The Kier molecular flexibility index (Phi) is 7.75. The number of hydrogen-bond acceptors (Lipinski definition) is 4. The van der Waals surface area contributed by atoms with Gasteiger partial charge in [0.25, 0.3) is 0 Å². The van der Waals surface area contributed by atoms with Gasteiger partial charge in [0.05, 0.1) is 23.8 Å². The Morgan fingerprint density at radius 1 is 0.848 bits per heavy atom. The monoisotopic (exact) mass is 493 g/mol. The van der Waals surface area contributed by atoms with E-state index in [1.165, 1.54) is 13.2 Å². The number of pyridine rings is 1. The molecule has 0 amide bonds. The van der Waals surface area contributed by atoms with Crippen molar-refractivity contribution in [2.75, 3.05) is 7.11 Å². The summed E-state index contributed by atoms with van der Waals surface area (Å²) in [7, 11) is -2.73. The van der Waals surface area contributed by atoms with Crippen LogP contribution in [0, 0.1) is 0 Å². The Hall–Kier alpha value is -3.12. The van der Waals surface area contributed by atoms with Crippen LogP contribution in [-0.2, 0) is 23.3 Å². The van der Waals surface area contributed by atoms with Gasteiger partial charge in [-0.1, -0.05) is 42.5 Å². The molecule has 1 aromatic heterocycles. The highest BCUT2D eigenvalue weighted by atomic mass is 32.2. The summed E-state index contributed by atoms with van der Waals surface area (Å²) < 4.78 is 105. The van der Waals surface area contributed by atoms with Crippen LogP contribution in [0.3, 0.4) is 0 Å². The summed E-state index contributed by atoms with van der Waals surface area (Å²) in [5, 5.41) is 0. The molecule has 3 aromatic rings. The molecule has 0 atom stereocenters. The van der Waals surface area contributed by atoms with E-state index >= 15 is 0 Å². The van der Waals surface area contributed by atoms with E-state index in [1.807, 2.05) is 48.1 Å². The fraction of sp³-hybridized carbons (Fsp3) is 0.190. The number of methoxy groups -OCH3 is 1. The van der Waals surface area contributed by atoms with Gasteiger partial charge < -0.3 is 9.29 Å². The topological polar surface area (TPSA) is 70.3 Å². The van der Waals surface area contributed by atoms with Gasteiger partial charge in [0.15, 0.2) is 22.5 Å². The van der Waals surface area contributed by atoms with Crippen molar-refractivity contribution in [3.63, 3.8) is 0 Å². The van der Waals surface area contributed by atoms with Crippen LogP contribution >= 0.6 is 0 Å². The quantitative estimate of drug-likeness (QED) is 0.225. The number of benzene rings is 2. The Bertz CT molecular complexity index is 1210. The molecule has 0 spiro atoms. The first-order valence-electron chi connectivity index (χ1n) is 8.97. The third kappa shape index (κ3) is 6.68. The summed E-state index contributed by atoms with van der Waals surface area (Å²) >= 11 is 0. The maximum Gasteiger partial charge on any atom is 0.485 e. The molecule has 178 valence electrons. The fourth-order valence-electron chi connectivity index (χ4n) is 2.82. The van der Waals surface area contributed by atoms with Crippen molar-refractivity contribution in [1.82, 2.24) is 0 Å². The van der Waals surface area contributed by atoms with Crippen LogP contribution in [0.1, 0.15) is 5.56 Å². The highest BCUT2D eigenvalue weighted by Gasteiger charge is 2.37. The average Bonchev–Trinajstić information content (AvgIpc) is 2.72. The van der Waals surface area contributed by atoms with Gasteiger partial charge in [0.1, 0.15) is 12.8 Å². The zero-order valence-electron chi connectivity index (χ0n) is 17.1. The van der Waals surface area contributed by atoms with Crippen molar-refractivity contribution < 1.29 is 48.6 Å². The molecule has 0 unspecified atom stereocenters. The van der Waals surface area contributed by atoms with Crippen LogP contribution in [0.2, 0.25) is 0 Å². The lowest BCUT2D eigenvalue weighted by Gasteiger charge is -2.14. The highest BCUT2D eigenvalue weighted by molar-refractivity contribution is 7.86. The molecule has 33 heavy (non-hydrogen) atoms. The Labute approximate surface area is 185 Å². The zero-order valence-corrected chi connectivity index (χ0v) is 17.9. The first-order valence-corrected chi connectivity index (χ1v) is 10.4. The molecule has 3 rings (SSSR count). The molecular weight excluding hydrogens is 476 g/mol. The van der Waals surface area contributed by atoms with E-state index in [0.717, 1.165) is 23.3 Å². The van der Waals surface area contributed by atoms with E-state index < -0.39 is 27.4 Å². The predicted molar refractivity (Wildman–Crippen MR) is 106 cm³/mol. The summed E-state index contributed by atoms with van der Waals surface area (Å²) in [5.41, 5.74) is -3.51. The molecule has 0 saturated carbocycles. The van der Waals surface area contributed by atoms with Gasteiger partial charge >= 0.3 is 11.7 Å². The number of aromatic nitrogens is 1. The van der Waals surface area contributed by atoms with Gasteiger partial charge in [0, 0.05) is 0 Å². The molecule has 0 aliphatic rings. The fourth-order valence-corrected chi connectivity index (χ4v) is 2.82. The van der Waals surface area contributed by atoms with Crippen LogP contribution in [0.5, 0.6) is 5.75 Å². The van der Waals surface area contributed by atoms with Gasteiger partial charge in [0.2, 0.25) is 0 Å². The van der Waals surface area contributed by atoms with Crippen molar-refractivity contribution >= 4 is 10.1 Å². The van der Waals surface area contributed by atoms with Crippen molar-refractivity contribution in [1.29, 1.82) is 0 Å². The van der Waals surface area contributed by atoms with Crippen molar-refractivity contribution in [3.8, 4) is 28.0 Å². The Balaban J connectivity index is 0.000000414. The van der Waals surface area contributed by atoms with Gasteiger partial charge in [-0.2, -0.15) is 26.3 Å².